The monoisotopic (exact) mass is 254 g/mol. The Morgan fingerprint density at radius 1 is 1.41 bits per heavy atom. The van der Waals surface area contributed by atoms with E-state index in [1.807, 2.05) is 6.92 Å². The summed E-state index contributed by atoms with van der Waals surface area (Å²) < 4.78 is 26.5. The molecule has 94 valence electrons. The van der Waals surface area contributed by atoms with E-state index in [0.29, 0.717) is 18.2 Å². The molecule has 0 atom stereocenters. The van der Waals surface area contributed by atoms with Gasteiger partial charge < -0.3 is 5.73 Å². The first-order chi connectivity index (χ1) is 8.03. The predicted molar refractivity (Wildman–Crippen MR) is 68.1 cm³/mol. The van der Waals surface area contributed by atoms with Crippen molar-refractivity contribution in [3.63, 3.8) is 0 Å². The number of hydrogen-bond acceptors (Lipinski definition) is 3. The third kappa shape index (κ3) is 2.98. The van der Waals surface area contributed by atoms with E-state index in [0.717, 1.165) is 24.8 Å². The molecular weight excluding hydrogens is 236 g/mol. The standard InChI is InChI=1S/C12H18N2O2S/c1-2-10-5-6-11(7-12(10)13)17(15,16)14-8-9-3-4-9/h5-7,9,14H,2-4,8,13H2,1H3. The topological polar surface area (TPSA) is 72.2 Å². The highest BCUT2D eigenvalue weighted by atomic mass is 32.2. The summed E-state index contributed by atoms with van der Waals surface area (Å²) in [6.07, 6.45) is 3.06. The van der Waals surface area contributed by atoms with Crippen LogP contribution in [-0.4, -0.2) is 15.0 Å². The largest absolute Gasteiger partial charge is 0.398 e. The molecule has 0 radical (unpaired) electrons. The Morgan fingerprint density at radius 2 is 2.12 bits per heavy atom. The van der Waals surface area contributed by atoms with Crippen molar-refractivity contribution in [3.8, 4) is 0 Å². The van der Waals surface area contributed by atoms with E-state index in [1.54, 1.807) is 12.1 Å². The fraction of sp³-hybridized carbons (Fsp3) is 0.500. The lowest BCUT2D eigenvalue weighted by Gasteiger charge is -2.08. The average Bonchev–Trinajstić information content (AvgIpc) is 3.10. The molecule has 2 rings (SSSR count). The van der Waals surface area contributed by atoms with Crippen LogP contribution in [0.1, 0.15) is 25.3 Å². The fourth-order valence-corrected chi connectivity index (χ4v) is 2.85. The second-order valence-electron chi connectivity index (χ2n) is 4.51. The van der Waals surface area contributed by atoms with Crippen molar-refractivity contribution in [1.82, 2.24) is 4.72 Å². The Bertz CT molecular complexity index is 507. The number of benzene rings is 1. The van der Waals surface area contributed by atoms with Gasteiger partial charge in [-0.05, 0) is 42.9 Å². The van der Waals surface area contributed by atoms with Gasteiger partial charge in [-0.15, -0.1) is 0 Å². The Labute approximate surface area is 102 Å². The smallest absolute Gasteiger partial charge is 0.240 e. The number of sulfonamides is 1. The van der Waals surface area contributed by atoms with Gasteiger partial charge in [0.25, 0.3) is 0 Å². The van der Waals surface area contributed by atoms with Gasteiger partial charge in [0.15, 0.2) is 0 Å². The Morgan fingerprint density at radius 3 is 2.65 bits per heavy atom. The van der Waals surface area contributed by atoms with Crippen LogP contribution in [0.2, 0.25) is 0 Å². The third-order valence-corrected chi connectivity index (χ3v) is 4.49. The molecule has 1 aliphatic rings. The van der Waals surface area contributed by atoms with Crippen molar-refractivity contribution in [2.24, 2.45) is 5.92 Å². The number of aryl methyl sites for hydroxylation is 1. The number of nitrogens with one attached hydrogen (secondary N) is 1. The number of anilines is 1. The van der Waals surface area contributed by atoms with E-state index in [-0.39, 0.29) is 4.90 Å². The van der Waals surface area contributed by atoms with Crippen LogP contribution in [0.4, 0.5) is 5.69 Å². The molecule has 0 heterocycles. The van der Waals surface area contributed by atoms with Crippen molar-refractivity contribution in [2.45, 2.75) is 31.1 Å². The predicted octanol–water partition coefficient (Wildman–Crippen LogP) is 1.52. The fourth-order valence-electron chi connectivity index (χ4n) is 1.70. The van der Waals surface area contributed by atoms with Crippen LogP contribution < -0.4 is 10.5 Å². The second-order valence-corrected chi connectivity index (χ2v) is 6.28. The first-order valence-corrected chi connectivity index (χ1v) is 7.39. The summed E-state index contributed by atoms with van der Waals surface area (Å²) in [6, 6.07) is 4.93. The Balaban J connectivity index is 2.16. The van der Waals surface area contributed by atoms with Crippen molar-refractivity contribution >= 4 is 15.7 Å². The molecule has 3 N–H and O–H groups in total. The molecule has 0 unspecified atom stereocenters. The van der Waals surface area contributed by atoms with Crippen LogP contribution in [0.3, 0.4) is 0 Å². The minimum Gasteiger partial charge on any atom is -0.398 e. The summed E-state index contributed by atoms with van der Waals surface area (Å²) in [5.41, 5.74) is 7.33. The van der Waals surface area contributed by atoms with E-state index in [4.69, 9.17) is 5.73 Å². The van der Waals surface area contributed by atoms with Crippen molar-refractivity contribution in [2.75, 3.05) is 12.3 Å². The zero-order chi connectivity index (χ0) is 12.5. The van der Waals surface area contributed by atoms with Crippen LogP contribution in [-0.2, 0) is 16.4 Å². The normalized spacial score (nSPS) is 16.1. The van der Waals surface area contributed by atoms with Crippen LogP contribution in [0, 0.1) is 5.92 Å². The van der Waals surface area contributed by atoms with Crippen LogP contribution in [0.5, 0.6) is 0 Å². The highest BCUT2D eigenvalue weighted by molar-refractivity contribution is 7.89. The molecule has 0 bridgehead atoms. The zero-order valence-corrected chi connectivity index (χ0v) is 10.8. The van der Waals surface area contributed by atoms with E-state index in [1.165, 1.54) is 6.07 Å². The molecule has 17 heavy (non-hydrogen) atoms. The molecule has 1 saturated carbocycles. The Hall–Kier alpha value is -1.07. The molecule has 1 aromatic rings. The summed E-state index contributed by atoms with van der Waals surface area (Å²) in [5.74, 6) is 0.525. The van der Waals surface area contributed by atoms with Crippen LogP contribution in [0.15, 0.2) is 23.1 Å². The summed E-state index contributed by atoms with van der Waals surface area (Å²) in [5, 5.41) is 0. The summed E-state index contributed by atoms with van der Waals surface area (Å²) in [4.78, 5) is 0.257. The summed E-state index contributed by atoms with van der Waals surface area (Å²) >= 11 is 0. The van der Waals surface area contributed by atoms with Crippen LogP contribution in [0.25, 0.3) is 0 Å². The number of hydrogen-bond donors (Lipinski definition) is 2. The van der Waals surface area contributed by atoms with Gasteiger partial charge in [-0.2, -0.15) is 0 Å². The maximum Gasteiger partial charge on any atom is 0.240 e. The molecule has 0 saturated heterocycles. The van der Waals surface area contributed by atoms with Crippen molar-refractivity contribution in [3.05, 3.63) is 23.8 Å². The molecule has 0 aliphatic heterocycles. The quantitative estimate of drug-likeness (QED) is 0.782. The maximum atomic E-state index is 11.9. The van der Waals surface area contributed by atoms with E-state index in [9.17, 15) is 8.42 Å². The highest BCUT2D eigenvalue weighted by Crippen LogP contribution is 2.28. The molecule has 4 nitrogen and oxygen atoms in total. The molecule has 0 spiro atoms. The van der Waals surface area contributed by atoms with Gasteiger partial charge in [0.05, 0.1) is 4.90 Å². The molecule has 1 aliphatic carbocycles. The lowest BCUT2D eigenvalue weighted by Crippen LogP contribution is -2.26. The van der Waals surface area contributed by atoms with Crippen LogP contribution >= 0.6 is 0 Å². The van der Waals surface area contributed by atoms with Gasteiger partial charge in [0.1, 0.15) is 0 Å². The second kappa shape index (κ2) is 4.66. The molecular formula is C12H18N2O2S. The summed E-state index contributed by atoms with van der Waals surface area (Å²) in [6.45, 7) is 2.53. The first-order valence-electron chi connectivity index (χ1n) is 5.91. The van der Waals surface area contributed by atoms with Gasteiger partial charge in [-0.1, -0.05) is 13.0 Å². The molecule has 0 amide bonds. The van der Waals surface area contributed by atoms with Gasteiger partial charge in [-0.25, -0.2) is 13.1 Å². The number of nitrogen functional groups attached to an aromatic ring is 1. The number of nitrogens with two attached hydrogens (primary N) is 1. The molecule has 0 aromatic heterocycles. The minimum atomic E-state index is -3.39. The van der Waals surface area contributed by atoms with E-state index < -0.39 is 10.0 Å². The SMILES string of the molecule is CCc1ccc(S(=O)(=O)NCC2CC2)cc1N. The lowest BCUT2D eigenvalue weighted by molar-refractivity contribution is 0.577. The average molecular weight is 254 g/mol. The maximum absolute atomic E-state index is 11.9. The summed E-state index contributed by atoms with van der Waals surface area (Å²) in [7, 11) is -3.39. The lowest BCUT2D eigenvalue weighted by atomic mass is 10.1. The first kappa shape index (κ1) is 12.4. The number of rotatable bonds is 5. The molecule has 5 heteroatoms. The van der Waals surface area contributed by atoms with Gasteiger partial charge >= 0.3 is 0 Å². The Kier molecular flexibility index (Phi) is 3.40. The minimum absolute atomic E-state index is 0.257. The molecule has 1 fully saturated rings. The van der Waals surface area contributed by atoms with Crippen molar-refractivity contribution in [1.29, 1.82) is 0 Å². The van der Waals surface area contributed by atoms with Gasteiger partial charge in [0.2, 0.25) is 10.0 Å². The highest BCUT2D eigenvalue weighted by Gasteiger charge is 2.24. The molecule has 1 aromatic carbocycles. The van der Waals surface area contributed by atoms with Gasteiger partial charge in [0, 0.05) is 12.2 Å². The van der Waals surface area contributed by atoms with Gasteiger partial charge in [-0.3, -0.25) is 0 Å². The van der Waals surface area contributed by atoms with E-state index >= 15 is 0 Å². The zero-order valence-electron chi connectivity index (χ0n) is 9.94. The van der Waals surface area contributed by atoms with E-state index in [2.05, 4.69) is 4.72 Å². The third-order valence-electron chi connectivity index (χ3n) is 3.07. The van der Waals surface area contributed by atoms with Crippen molar-refractivity contribution < 1.29 is 8.42 Å².